The highest BCUT2D eigenvalue weighted by atomic mass is 35.5. The van der Waals surface area contributed by atoms with E-state index in [1.807, 2.05) is 6.07 Å². The molecule has 0 radical (unpaired) electrons. The number of ketones is 1. The second kappa shape index (κ2) is 9.51. The molecule has 0 fully saturated rings. The van der Waals surface area contributed by atoms with E-state index >= 15 is 0 Å². The molecule has 8 heteroatoms. The first-order chi connectivity index (χ1) is 15.5. The summed E-state index contributed by atoms with van der Waals surface area (Å²) in [6.45, 7) is 0.397. The third-order valence-electron chi connectivity index (χ3n) is 5.23. The summed E-state index contributed by atoms with van der Waals surface area (Å²) >= 11 is 12.0. The Kier molecular flexibility index (Phi) is 6.53. The maximum atomic E-state index is 13.2. The predicted molar refractivity (Wildman–Crippen MR) is 125 cm³/mol. The van der Waals surface area contributed by atoms with Crippen molar-refractivity contribution in [3.8, 4) is 0 Å². The van der Waals surface area contributed by atoms with Crippen LogP contribution in [0.1, 0.15) is 49.6 Å². The van der Waals surface area contributed by atoms with Crippen LogP contribution < -0.4 is 10.2 Å². The molecule has 0 saturated heterocycles. The Bertz CT molecular complexity index is 1200. The normalized spacial score (nSPS) is 13.3. The van der Waals surface area contributed by atoms with E-state index in [1.165, 1.54) is 6.20 Å². The molecule has 0 atom stereocenters. The number of hydrogen-bond donors (Lipinski definition) is 1. The molecule has 1 aromatic heterocycles. The number of rotatable bonds is 4. The molecule has 162 valence electrons. The fraction of sp³-hybridized carbons (Fsp3) is 0.167. The number of fused-ring (bicyclic) bond motifs is 1. The van der Waals surface area contributed by atoms with Crippen LogP contribution in [0.25, 0.3) is 0 Å². The summed E-state index contributed by atoms with van der Waals surface area (Å²) in [6, 6.07) is 15.2. The lowest BCUT2D eigenvalue weighted by Crippen LogP contribution is -2.32. The highest BCUT2D eigenvalue weighted by molar-refractivity contribution is 6.31. The Labute approximate surface area is 195 Å². The van der Waals surface area contributed by atoms with Crippen molar-refractivity contribution in [2.75, 3.05) is 16.8 Å². The first-order valence-electron chi connectivity index (χ1n) is 10.0. The molecule has 2 amide bonds. The summed E-state index contributed by atoms with van der Waals surface area (Å²) < 4.78 is 0. The molecular formula is C24H19Cl2N3O3. The molecule has 3 aromatic rings. The number of pyridine rings is 1. The largest absolute Gasteiger partial charge is 0.321 e. The van der Waals surface area contributed by atoms with Gasteiger partial charge in [-0.3, -0.25) is 14.4 Å². The van der Waals surface area contributed by atoms with Crippen LogP contribution >= 0.6 is 23.2 Å². The first-order valence-corrected chi connectivity index (χ1v) is 10.9. The van der Waals surface area contributed by atoms with Crippen molar-refractivity contribution in [2.24, 2.45) is 0 Å². The number of hydrogen-bond acceptors (Lipinski definition) is 4. The van der Waals surface area contributed by atoms with E-state index in [2.05, 4.69) is 10.3 Å². The number of aromatic nitrogens is 1. The van der Waals surface area contributed by atoms with Crippen LogP contribution in [0.3, 0.4) is 0 Å². The van der Waals surface area contributed by atoms with Gasteiger partial charge in [-0.25, -0.2) is 4.98 Å². The zero-order chi connectivity index (χ0) is 22.7. The zero-order valence-corrected chi connectivity index (χ0v) is 18.5. The van der Waals surface area contributed by atoms with Gasteiger partial charge < -0.3 is 10.2 Å². The van der Waals surface area contributed by atoms with Gasteiger partial charge in [-0.05, 0) is 48.4 Å². The van der Waals surface area contributed by atoms with Gasteiger partial charge in [-0.15, -0.1) is 11.6 Å². The van der Waals surface area contributed by atoms with E-state index in [4.69, 9.17) is 23.2 Å². The van der Waals surface area contributed by atoms with Crippen molar-refractivity contribution in [1.82, 2.24) is 4.98 Å². The van der Waals surface area contributed by atoms with Gasteiger partial charge in [0.2, 0.25) is 0 Å². The van der Waals surface area contributed by atoms with Gasteiger partial charge in [0.25, 0.3) is 11.8 Å². The van der Waals surface area contributed by atoms with Gasteiger partial charge in [0.15, 0.2) is 5.78 Å². The van der Waals surface area contributed by atoms with E-state index in [9.17, 15) is 14.4 Å². The van der Waals surface area contributed by atoms with E-state index < -0.39 is 0 Å². The topological polar surface area (TPSA) is 79.4 Å². The minimum absolute atomic E-state index is 0.0407. The third kappa shape index (κ3) is 4.52. The minimum Gasteiger partial charge on any atom is -0.321 e. The number of nitrogens with zero attached hydrogens (tertiary/aromatic N) is 2. The molecule has 1 aliphatic rings. The first kappa shape index (κ1) is 22.0. The summed E-state index contributed by atoms with van der Waals surface area (Å²) in [7, 11) is 0. The lowest BCUT2D eigenvalue weighted by atomic mass is 10.1. The van der Waals surface area contributed by atoms with Gasteiger partial charge in [0.05, 0.1) is 17.6 Å². The van der Waals surface area contributed by atoms with Crippen molar-refractivity contribution in [3.05, 3.63) is 88.2 Å². The molecular weight excluding hydrogens is 449 g/mol. The maximum Gasteiger partial charge on any atom is 0.276 e. The third-order valence-corrected chi connectivity index (χ3v) is 5.75. The molecule has 0 saturated carbocycles. The van der Waals surface area contributed by atoms with Crippen molar-refractivity contribution in [3.63, 3.8) is 0 Å². The van der Waals surface area contributed by atoms with Crippen molar-refractivity contribution >= 4 is 52.2 Å². The molecule has 2 heterocycles. The fourth-order valence-electron chi connectivity index (χ4n) is 3.62. The SMILES string of the molecule is O=C(Nc1ccc(C(=O)N2CCCC(=O)c3cc(Cl)ccc32)nc1)c1ccccc1CCl. The summed E-state index contributed by atoms with van der Waals surface area (Å²) in [5.74, 6) is -0.450. The highest BCUT2D eigenvalue weighted by Gasteiger charge is 2.27. The molecule has 0 bridgehead atoms. The van der Waals surface area contributed by atoms with Crippen LogP contribution in [0.2, 0.25) is 5.02 Å². The van der Waals surface area contributed by atoms with Gasteiger partial charge in [-0.2, -0.15) is 0 Å². The summed E-state index contributed by atoms with van der Waals surface area (Å²) in [6.07, 6.45) is 2.32. The molecule has 1 N–H and O–H groups in total. The lowest BCUT2D eigenvalue weighted by Gasteiger charge is -2.22. The number of benzene rings is 2. The number of alkyl halides is 1. The number of anilines is 2. The molecule has 0 spiro atoms. The molecule has 0 unspecified atom stereocenters. The second-order valence-electron chi connectivity index (χ2n) is 7.32. The smallest absolute Gasteiger partial charge is 0.276 e. The Balaban J connectivity index is 1.54. The average Bonchev–Trinajstić information content (AvgIpc) is 2.97. The van der Waals surface area contributed by atoms with E-state index in [-0.39, 0.29) is 29.2 Å². The van der Waals surface area contributed by atoms with Crippen molar-refractivity contribution in [2.45, 2.75) is 18.7 Å². The Morgan fingerprint density at radius 3 is 2.66 bits per heavy atom. The van der Waals surface area contributed by atoms with Crippen molar-refractivity contribution in [1.29, 1.82) is 0 Å². The average molecular weight is 468 g/mol. The summed E-state index contributed by atoms with van der Waals surface area (Å²) in [4.78, 5) is 43.9. The quantitative estimate of drug-likeness (QED) is 0.524. The van der Waals surface area contributed by atoms with Gasteiger partial charge in [0.1, 0.15) is 5.69 Å². The number of carbonyl (C=O) groups excluding carboxylic acids is 3. The Morgan fingerprint density at radius 2 is 1.91 bits per heavy atom. The molecule has 4 rings (SSSR count). The standard InChI is InChI=1S/C24H19Cl2N3O3/c25-13-15-4-1-2-5-18(15)23(31)28-17-8-9-20(27-14-17)24(32)29-11-3-6-22(30)19-12-16(26)7-10-21(19)29/h1-2,4-5,7-10,12,14H,3,6,11,13H2,(H,28,31). The van der Waals surface area contributed by atoms with Crippen LogP contribution in [-0.2, 0) is 5.88 Å². The van der Waals surface area contributed by atoms with Crippen LogP contribution in [0.4, 0.5) is 11.4 Å². The maximum absolute atomic E-state index is 13.2. The molecule has 1 aliphatic heterocycles. The molecule has 32 heavy (non-hydrogen) atoms. The monoisotopic (exact) mass is 467 g/mol. The van der Waals surface area contributed by atoms with E-state index in [0.29, 0.717) is 46.9 Å². The number of Topliss-reactive ketones (excluding diaryl/α,β-unsaturated/α-hetero) is 1. The van der Waals surface area contributed by atoms with E-state index in [0.717, 1.165) is 5.56 Å². The molecule has 0 aliphatic carbocycles. The fourth-order valence-corrected chi connectivity index (χ4v) is 4.03. The summed E-state index contributed by atoms with van der Waals surface area (Å²) in [5.41, 5.74) is 2.82. The second-order valence-corrected chi connectivity index (χ2v) is 8.03. The van der Waals surface area contributed by atoms with Crippen LogP contribution in [0.15, 0.2) is 60.8 Å². The number of halogens is 2. The van der Waals surface area contributed by atoms with E-state index in [1.54, 1.807) is 53.4 Å². The van der Waals surface area contributed by atoms with Crippen LogP contribution in [0, 0.1) is 0 Å². The number of carbonyl (C=O) groups is 3. The lowest BCUT2D eigenvalue weighted by molar-refractivity contribution is 0.0971. The molecule has 2 aromatic carbocycles. The van der Waals surface area contributed by atoms with Gasteiger partial charge in [-0.1, -0.05) is 29.8 Å². The molecule has 6 nitrogen and oxygen atoms in total. The zero-order valence-electron chi connectivity index (χ0n) is 17.0. The predicted octanol–water partition coefficient (Wildman–Crippen LogP) is 5.35. The Morgan fingerprint density at radius 1 is 1.09 bits per heavy atom. The highest BCUT2D eigenvalue weighted by Crippen LogP contribution is 2.30. The number of nitrogens with one attached hydrogen (secondary N) is 1. The van der Waals surface area contributed by atoms with Gasteiger partial charge >= 0.3 is 0 Å². The minimum atomic E-state index is -0.325. The van der Waals surface area contributed by atoms with Crippen molar-refractivity contribution < 1.29 is 14.4 Å². The van der Waals surface area contributed by atoms with Crippen LogP contribution in [-0.4, -0.2) is 29.1 Å². The number of amides is 2. The van der Waals surface area contributed by atoms with Gasteiger partial charge in [0, 0.05) is 35.0 Å². The Hall–Kier alpha value is -3.22. The van der Waals surface area contributed by atoms with Crippen LogP contribution in [0.5, 0.6) is 0 Å². The summed E-state index contributed by atoms with van der Waals surface area (Å²) in [5, 5.41) is 3.22.